The highest BCUT2D eigenvalue weighted by Crippen LogP contribution is 2.07. The van der Waals surface area contributed by atoms with E-state index in [-0.39, 0.29) is 0 Å². The first-order valence-electron chi connectivity index (χ1n) is 5.48. The van der Waals surface area contributed by atoms with Gasteiger partial charge in [0.05, 0.1) is 12.8 Å². The summed E-state index contributed by atoms with van der Waals surface area (Å²) in [7, 11) is 0. The van der Waals surface area contributed by atoms with Gasteiger partial charge in [-0.2, -0.15) is 5.10 Å². The molecule has 0 heterocycles. The molecule has 0 aromatic heterocycles. The molecule has 0 atom stereocenters. The number of benzene rings is 1. The summed E-state index contributed by atoms with van der Waals surface area (Å²) in [6.07, 6.45) is 2.54. The molecule has 0 bridgehead atoms. The highest BCUT2D eigenvalue weighted by atomic mass is 16.5. The lowest BCUT2D eigenvalue weighted by Gasteiger charge is -2.06. The molecule has 0 aliphatic heterocycles. The van der Waals surface area contributed by atoms with Crippen LogP contribution in [0.3, 0.4) is 0 Å². The van der Waals surface area contributed by atoms with E-state index in [1.807, 2.05) is 24.3 Å². The van der Waals surface area contributed by atoms with E-state index in [2.05, 4.69) is 17.5 Å². The highest BCUT2D eigenvalue weighted by Gasteiger charge is 1.99. The van der Waals surface area contributed by atoms with E-state index in [0.717, 1.165) is 24.2 Å². The standard InChI is InChI=1S/C12H17N3O2/c1-2-7-17-9-11-6-4-3-5-10(11)8-14-15-12(13)16/h3-6,8H,2,7,9H2,1H3,(H3,13,15,16). The number of nitrogens with one attached hydrogen (secondary N) is 1. The van der Waals surface area contributed by atoms with Gasteiger partial charge in [0.2, 0.25) is 0 Å². The average molecular weight is 235 g/mol. The molecule has 0 saturated heterocycles. The fourth-order valence-electron chi connectivity index (χ4n) is 1.28. The predicted molar refractivity (Wildman–Crippen MR) is 66.7 cm³/mol. The Hall–Kier alpha value is -1.88. The van der Waals surface area contributed by atoms with Crippen LogP contribution >= 0.6 is 0 Å². The fraction of sp³-hybridized carbons (Fsp3) is 0.333. The molecule has 1 aromatic carbocycles. The summed E-state index contributed by atoms with van der Waals surface area (Å²) in [4.78, 5) is 10.5. The number of urea groups is 1. The summed E-state index contributed by atoms with van der Waals surface area (Å²) in [6, 6.07) is 7.01. The SMILES string of the molecule is CCCOCc1ccccc1C=NNC(N)=O. The van der Waals surface area contributed by atoms with Crippen molar-refractivity contribution in [3.8, 4) is 0 Å². The normalized spacial score (nSPS) is 10.6. The Morgan fingerprint density at radius 3 is 3.00 bits per heavy atom. The number of rotatable bonds is 6. The summed E-state index contributed by atoms with van der Waals surface area (Å²) >= 11 is 0. The van der Waals surface area contributed by atoms with E-state index >= 15 is 0 Å². The number of ether oxygens (including phenoxy) is 1. The van der Waals surface area contributed by atoms with Gasteiger partial charge in [-0.15, -0.1) is 0 Å². The number of hydrazone groups is 1. The lowest BCUT2D eigenvalue weighted by atomic mass is 10.1. The Morgan fingerprint density at radius 2 is 2.29 bits per heavy atom. The van der Waals surface area contributed by atoms with Gasteiger partial charge in [-0.25, -0.2) is 10.2 Å². The maximum atomic E-state index is 10.5. The molecular weight excluding hydrogens is 218 g/mol. The largest absolute Gasteiger partial charge is 0.377 e. The van der Waals surface area contributed by atoms with E-state index in [1.54, 1.807) is 6.21 Å². The molecule has 5 nitrogen and oxygen atoms in total. The average Bonchev–Trinajstić information content (AvgIpc) is 2.31. The third kappa shape index (κ3) is 5.12. The zero-order chi connectivity index (χ0) is 12.5. The molecule has 3 N–H and O–H groups in total. The number of nitrogens with zero attached hydrogens (tertiary/aromatic N) is 1. The lowest BCUT2D eigenvalue weighted by Crippen LogP contribution is -2.24. The van der Waals surface area contributed by atoms with Crippen LogP contribution in [-0.4, -0.2) is 18.9 Å². The second kappa shape index (κ2) is 7.40. The molecule has 0 spiro atoms. The van der Waals surface area contributed by atoms with Crippen LogP contribution in [0.2, 0.25) is 0 Å². The van der Waals surface area contributed by atoms with Crippen LogP contribution in [0.5, 0.6) is 0 Å². The van der Waals surface area contributed by atoms with Crippen molar-refractivity contribution >= 4 is 12.2 Å². The zero-order valence-electron chi connectivity index (χ0n) is 9.85. The Balaban J connectivity index is 2.63. The van der Waals surface area contributed by atoms with E-state index in [9.17, 15) is 4.79 Å². The Morgan fingerprint density at radius 1 is 1.53 bits per heavy atom. The summed E-state index contributed by atoms with van der Waals surface area (Å²) in [5.74, 6) is 0. The lowest BCUT2D eigenvalue weighted by molar-refractivity contribution is 0.121. The molecule has 0 fully saturated rings. The second-order valence-corrected chi connectivity index (χ2v) is 3.49. The summed E-state index contributed by atoms with van der Waals surface area (Å²) in [5, 5.41) is 3.72. The quantitative estimate of drug-likeness (QED) is 0.446. The second-order valence-electron chi connectivity index (χ2n) is 3.49. The topological polar surface area (TPSA) is 76.7 Å². The zero-order valence-corrected chi connectivity index (χ0v) is 9.85. The molecule has 2 amide bonds. The van der Waals surface area contributed by atoms with Crippen LogP contribution in [0.25, 0.3) is 0 Å². The van der Waals surface area contributed by atoms with E-state index in [0.29, 0.717) is 6.61 Å². The van der Waals surface area contributed by atoms with Gasteiger partial charge in [-0.3, -0.25) is 0 Å². The summed E-state index contributed by atoms with van der Waals surface area (Å²) in [5.41, 5.74) is 8.98. The van der Waals surface area contributed by atoms with Gasteiger partial charge in [-0.05, 0) is 12.0 Å². The Bertz CT molecular complexity index is 391. The van der Waals surface area contributed by atoms with Crippen LogP contribution in [0.1, 0.15) is 24.5 Å². The molecule has 0 aliphatic rings. The van der Waals surface area contributed by atoms with Crippen molar-refractivity contribution in [2.45, 2.75) is 20.0 Å². The predicted octanol–water partition coefficient (Wildman–Crippen LogP) is 1.62. The third-order valence-electron chi connectivity index (χ3n) is 2.04. The van der Waals surface area contributed by atoms with E-state index in [4.69, 9.17) is 10.5 Å². The third-order valence-corrected chi connectivity index (χ3v) is 2.04. The van der Waals surface area contributed by atoms with E-state index in [1.165, 1.54) is 0 Å². The van der Waals surface area contributed by atoms with Gasteiger partial charge >= 0.3 is 6.03 Å². The van der Waals surface area contributed by atoms with Gasteiger partial charge in [-0.1, -0.05) is 31.2 Å². The number of amides is 2. The van der Waals surface area contributed by atoms with Crippen LogP contribution in [0, 0.1) is 0 Å². The van der Waals surface area contributed by atoms with Crippen molar-refractivity contribution in [3.05, 3.63) is 35.4 Å². The maximum Gasteiger partial charge on any atom is 0.332 e. The van der Waals surface area contributed by atoms with Crippen molar-refractivity contribution in [2.75, 3.05) is 6.61 Å². The molecular formula is C12H17N3O2. The molecule has 0 radical (unpaired) electrons. The van der Waals surface area contributed by atoms with Crippen LogP contribution in [0.4, 0.5) is 4.79 Å². The molecule has 0 unspecified atom stereocenters. The van der Waals surface area contributed by atoms with Crippen LogP contribution in [0.15, 0.2) is 29.4 Å². The minimum absolute atomic E-state index is 0.534. The molecule has 1 aromatic rings. The minimum Gasteiger partial charge on any atom is -0.377 e. The maximum absolute atomic E-state index is 10.5. The molecule has 17 heavy (non-hydrogen) atoms. The smallest absolute Gasteiger partial charge is 0.332 e. The number of nitrogens with two attached hydrogens (primary N) is 1. The van der Waals surface area contributed by atoms with Gasteiger partial charge in [0.25, 0.3) is 0 Å². The van der Waals surface area contributed by atoms with E-state index < -0.39 is 6.03 Å². The number of hydrogen-bond donors (Lipinski definition) is 2. The number of primary amides is 1. The first-order valence-corrected chi connectivity index (χ1v) is 5.48. The monoisotopic (exact) mass is 235 g/mol. The molecule has 92 valence electrons. The van der Waals surface area contributed by atoms with Crippen molar-refractivity contribution in [1.82, 2.24) is 5.43 Å². The van der Waals surface area contributed by atoms with Crippen molar-refractivity contribution in [2.24, 2.45) is 10.8 Å². The summed E-state index contributed by atoms with van der Waals surface area (Å²) < 4.78 is 5.46. The van der Waals surface area contributed by atoms with Gasteiger partial charge in [0.1, 0.15) is 0 Å². The van der Waals surface area contributed by atoms with Crippen molar-refractivity contribution < 1.29 is 9.53 Å². The van der Waals surface area contributed by atoms with Gasteiger partial charge in [0.15, 0.2) is 0 Å². The van der Waals surface area contributed by atoms with Gasteiger partial charge in [0, 0.05) is 12.2 Å². The Kier molecular flexibility index (Phi) is 5.74. The number of carbonyl (C=O) groups excluding carboxylic acids is 1. The first kappa shape index (κ1) is 13.2. The molecule has 1 rings (SSSR count). The Labute approximate surface area is 101 Å². The van der Waals surface area contributed by atoms with Gasteiger partial charge < -0.3 is 10.5 Å². The highest BCUT2D eigenvalue weighted by molar-refractivity contribution is 5.83. The molecule has 0 saturated carbocycles. The van der Waals surface area contributed by atoms with Crippen molar-refractivity contribution in [3.63, 3.8) is 0 Å². The molecule has 5 heteroatoms. The van der Waals surface area contributed by atoms with Crippen molar-refractivity contribution in [1.29, 1.82) is 0 Å². The van der Waals surface area contributed by atoms with Crippen LogP contribution in [-0.2, 0) is 11.3 Å². The molecule has 0 aliphatic carbocycles. The minimum atomic E-state index is -0.680. The number of hydrogen-bond acceptors (Lipinski definition) is 3. The summed E-state index contributed by atoms with van der Waals surface area (Å²) in [6.45, 7) is 3.32. The number of carbonyl (C=O) groups is 1. The van der Waals surface area contributed by atoms with Crippen LogP contribution < -0.4 is 11.2 Å². The first-order chi connectivity index (χ1) is 8.24. The fourth-order valence-corrected chi connectivity index (χ4v) is 1.28.